The first-order chi connectivity index (χ1) is 12.6. The summed E-state index contributed by atoms with van der Waals surface area (Å²) < 4.78 is 0. The standard InChI is InChI=1S/C12H14.2C6H6O/c1-9(2)11-8-7-10-5-3-4-6-12(10)11;2*7-6-4-2-1-3-5-6/h3-9,11H,1-2H3;2*1-5,7H. The van der Waals surface area contributed by atoms with Gasteiger partial charge in [-0.2, -0.15) is 0 Å². The van der Waals surface area contributed by atoms with Gasteiger partial charge in [-0.15, -0.1) is 0 Å². The van der Waals surface area contributed by atoms with Gasteiger partial charge >= 0.3 is 0 Å². The van der Waals surface area contributed by atoms with Crippen LogP contribution in [0.2, 0.25) is 0 Å². The number of rotatable bonds is 1. The summed E-state index contributed by atoms with van der Waals surface area (Å²) in [4.78, 5) is 0. The molecule has 26 heavy (non-hydrogen) atoms. The zero-order chi connectivity index (χ0) is 18.8. The van der Waals surface area contributed by atoms with Gasteiger partial charge in [0.1, 0.15) is 11.5 Å². The average molecular weight is 346 g/mol. The second-order valence-electron chi connectivity index (χ2n) is 6.43. The summed E-state index contributed by atoms with van der Waals surface area (Å²) in [6, 6.07) is 26.1. The Kier molecular flexibility index (Phi) is 7.50. The van der Waals surface area contributed by atoms with E-state index in [2.05, 4.69) is 50.3 Å². The molecule has 2 nitrogen and oxygen atoms in total. The van der Waals surface area contributed by atoms with E-state index in [0.717, 1.165) is 0 Å². The fraction of sp³-hybridized carbons (Fsp3) is 0.167. The van der Waals surface area contributed by atoms with E-state index >= 15 is 0 Å². The van der Waals surface area contributed by atoms with E-state index in [1.165, 1.54) is 11.1 Å². The van der Waals surface area contributed by atoms with Gasteiger partial charge < -0.3 is 10.2 Å². The van der Waals surface area contributed by atoms with Crippen molar-refractivity contribution in [2.75, 3.05) is 0 Å². The number of phenols is 2. The van der Waals surface area contributed by atoms with Crippen molar-refractivity contribution < 1.29 is 10.2 Å². The lowest BCUT2D eigenvalue weighted by molar-refractivity contribution is 0.475. The molecule has 0 amide bonds. The van der Waals surface area contributed by atoms with E-state index in [-0.39, 0.29) is 0 Å². The third-order valence-corrected chi connectivity index (χ3v) is 4.07. The molecule has 2 N–H and O–H groups in total. The number of phenolic OH excluding ortho intramolecular Hbond substituents is 2. The summed E-state index contributed by atoms with van der Waals surface area (Å²) in [6.07, 6.45) is 4.55. The Morgan fingerprint density at radius 1 is 0.654 bits per heavy atom. The van der Waals surface area contributed by atoms with Crippen LogP contribution in [-0.2, 0) is 0 Å². The molecule has 3 aromatic carbocycles. The number of hydrogen-bond donors (Lipinski definition) is 2. The highest BCUT2D eigenvalue weighted by molar-refractivity contribution is 5.62. The lowest BCUT2D eigenvalue weighted by Gasteiger charge is -2.14. The molecule has 0 bridgehead atoms. The van der Waals surface area contributed by atoms with E-state index in [9.17, 15) is 0 Å². The quantitative estimate of drug-likeness (QED) is 0.548. The van der Waals surface area contributed by atoms with Crippen molar-refractivity contribution in [2.45, 2.75) is 19.8 Å². The van der Waals surface area contributed by atoms with Crippen LogP contribution < -0.4 is 0 Å². The predicted octanol–water partition coefficient (Wildman–Crippen LogP) is 6.24. The van der Waals surface area contributed by atoms with E-state index < -0.39 is 0 Å². The molecule has 1 aliphatic carbocycles. The van der Waals surface area contributed by atoms with Gasteiger partial charge in [-0.3, -0.25) is 0 Å². The second kappa shape index (κ2) is 10.1. The molecule has 0 aliphatic heterocycles. The smallest absolute Gasteiger partial charge is 0.115 e. The maximum Gasteiger partial charge on any atom is 0.115 e. The highest BCUT2D eigenvalue weighted by atomic mass is 16.3. The van der Waals surface area contributed by atoms with Crippen molar-refractivity contribution in [3.63, 3.8) is 0 Å². The summed E-state index contributed by atoms with van der Waals surface area (Å²) in [6.45, 7) is 4.55. The van der Waals surface area contributed by atoms with Crippen molar-refractivity contribution in [3.8, 4) is 11.5 Å². The number of hydrogen-bond acceptors (Lipinski definition) is 2. The first-order valence-corrected chi connectivity index (χ1v) is 8.83. The highest BCUT2D eigenvalue weighted by Crippen LogP contribution is 2.34. The van der Waals surface area contributed by atoms with Gasteiger partial charge in [-0.05, 0) is 41.3 Å². The molecule has 1 atom stereocenters. The van der Waals surface area contributed by atoms with Gasteiger partial charge in [0.05, 0.1) is 0 Å². The molecule has 0 spiro atoms. The van der Waals surface area contributed by atoms with Crippen LogP contribution in [-0.4, -0.2) is 10.2 Å². The van der Waals surface area contributed by atoms with Gasteiger partial charge in [-0.25, -0.2) is 0 Å². The van der Waals surface area contributed by atoms with E-state index in [1.807, 2.05) is 12.1 Å². The van der Waals surface area contributed by atoms with Crippen molar-refractivity contribution in [2.24, 2.45) is 5.92 Å². The number of aromatic hydroxyl groups is 2. The van der Waals surface area contributed by atoms with E-state index in [1.54, 1.807) is 48.5 Å². The minimum Gasteiger partial charge on any atom is -0.508 e. The first-order valence-electron chi connectivity index (χ1n) is 8.83. The Hall–Kier alpha value is -3.00. The van der Waals surface area contributed by atoms with Crippen LogP contribution in [0.15, 0.2) is 91.0 Å². The Labute approximate surface area is 156 Å². The molecular formula is C24H26O2. The van der Waals surface area contributed by atoms with Crippen LogP contribution in [0.3, 0.4) is 0 Å². The molecule has 0 saturated heterocycles. The van der Waals surface area contributed by atoms with Crippen molar-refractivity contribution >= 4 is 6.08 Å². The summed E-state index contributed by atoms with van der Waals surface area (Å²) in [5, 5.41) is 17.3. The highest BCUT2D eigenvalue weighted by Gasteiger charge is 2.18. The van der Waals surface area contributed by atoms with E-state index in [4.69, 9.17) is 10.2 Å². The minimum absolute atomic E-state index is 0.322. The molecular weight excluding hydrogens is 320 g/mol. The second-order valence-corrected chi connectivity index (χ2v) is 6.43. The zero-order valence-electron chi connectivity index (χ0n) is 15.3. The predicted molar refractivity (Wildman–Crippen MR) is 109 cm³/mol. The van der Waals surface area contributed by atoms with Crippen LogP contribution in [0, 0.1) is 5.92 Å². The molecule has 0 radical (unpaired) electrons. The van der Waals surface area contributed by atoms with Crippen LogP contribution in [0.4, 0.5) is 0 Å². The summed E-state index contributed by atoms with van der Waals surface area (Å²) >= 11 is 0. The molecule has 1 aliphatic rings. The van der Waals surface area contributed by atoms with Crippen LogP contribution in [0.5, 0.6) is 11.5 Å². The SMILES string of the molecule is CC(C)C1C=Cc2ccccc21.Oc1ccccc1.Oc1ccccc1. The summed E-state index contributed by atoms with van der Waals surface area (Å²) in [7, 11) is 0. The molecule has 4 rings (SSSR count). The number of allylic oxidation sites excluding steroid dienone is 1. The Bertz CT molecular complexity index is 755. The van der Waals surface area contributed by atoms with Crippen molar-refractivity contribution in [3.05, 3.63) is 102 Å². The summed E-state index contributed by atoms with van der Waals surface area (Å²) in [5.74, 6) is 2.00. The molecule has 134 valence electrons. The molecule has 0 fully saturated rings. The Morgan fingerprint density at radius 2 is 1.12 bits per heavy atom. The van der Waals surface area contributed by atoms with Gasteiger partial charge in [0.15, 0.2) is 0 Å². The van der Waals surface area contributed by atoms with Gasteiger partial charge in [0.2, 0.25) is 0 Å². The lowest BCUT2D eigenvalue weighted by Crippen LogP contribution is -2.00. The van der Waals surface area contributed by atoms with Gasteiger partial charge in [0, 0.05) is 5.92 Å². The molecule has 2 heteroatoms. The Balaban J connectivity index is 0.000000150. The normalized spacial score (nSPS) is 13.9. The maximum absolute atomic E-state index is 8.63. The van der Waals surface area contributed by atoms with Gasteiger partial charge in [-0.1, -0.05) is 86.7 Å². The molecule has 0 aromatic heterocycles. The van der Waals surface area contributed by atoms with Crippen molar-refractivity contribution in [1.29, 1.82) is 0 Å². The molecule has 3 aromatic rings. The van der Waals surface area contributed by atoms with Gasteiger partial charge in [0.25, 0.3) is 0 Å². The lowest BCUT2D eigenvalue weighted by atomic mass is 9.90. The van der Waals surface area contributed by atoms with Crippen LogP contribution in [0.1, 0.15) is 30.9 Å². The summed E-state index contributed by atoms with van der Waals surface area (Å²) in [5.41, 5.74) is 2.89. The third-order valence-electron chi connectivity index (χ3n) is 4.07. The van der Waals surface area contributed by atoms with E-state index in [0.29, 0.717) is 23.3 Å². The third kappa shape index (κ3) is 6.14. The number of para-hydroxylation sites is 2. The Morgan fingerprint density at radius 3 is 1.54 bits per heavy atom. The first kappa shape index (κ1) is 19.3. The maximum atomic E-state index is 8.63. The topological polar surface area (TPSA) is 40.5 Å². The minimum atomic E-state index is 0.322. The molecule has 0 saturated carbocycles. The fourth-order valence-electron chi connectivity index (χ4n) is 2.71. The fourth-order valence-corrected chi connectivity index (χ4v) is 2.71. The average Bonchev–Trinajstić information content (AvgIpc) is 3.08. The largest absolute Gasteiger partial charge is 0.508 e. The number of fused-ring (bicyclic) bond motifs is 1. The number of benzene rings is 3. The molecule has 0 heterocycles. The van der Waals surface area contributed by atoms with Crippen molar-refractivity contribution in [1.82, 2.24) is 0 Å². The zero-order valence-corrected chi connectivity index (χ0v) is 15.3. The monoisotopic (exact) mass is 346 g/mol. The van der Waals surface area contributed by atoms with Crippen LogP contribution in [0.25, 0.3) is 6.08 Å². The molecule has 1 unspecified atom stereocenters. The van der Waals surface area contributed by atoms with Crippen LogP contribution >= 0.6 is 0 Å².